The third kappa shape index (κ3) is 1.79. The lowest BCUT2D eigenvalue weighted by atomic mass is 10.0. The van der Waals surface area contributed by atoms with E-state index < -0.39 is 0 Å². The Hall–Kier alpha value is -1.30. The van der Waals surface area contributed by atoms with E-state index in [1.807, 2.05) is 0 Å². The maximum Gasteiger partial charge on any atom is -0.0152 e. The van der Waals surface area contributed by atoms with Crippen LogP contribution in [0.5, 0.6) is 0 Å². The summed E-state index contributed by atoms with van der Waals surface area (Å²) in [5.74, 6) is 0.728. The average molecular weight is 184 g/mol. The lowest BCUT2D eigenvalue weighted by molar-refractivity contribution is 0.649. The molecule has 0 atom stereocenters. The molecule has 0 aromatic carbocycles. The molecule has 0 fully saturated rings. The van der Waals surface area contributed by atoms with Crippen LogP contribution in [-0.2, 0) is 6.42 Å². The maximum atomic E-state index is 2.27. The van der Waals surface area contributed by atoms with Gasteiger partial charge in [-0.15, -0.1) is 0 Å². The fourth-order valence-electron chi connectivity index (χ4n) is 1.90. The van der Waals surface area contributed by atoms with Gasteiger partial charge in [-0.05, 0) is 29.0 Å². The van der Waals surface area contributed by atoms with Crippen LogP contribution in [0.3, 0.4) is 0 Å². The van der Waals surface area contributed by atoms with E-state index in [9.17, 15) is 0 Å². The number of hydrogen-bond acceptors (Lipinski definition) is 0. The highest BCUT2D eigenvalue weighted by Crippen LogP contribution is 2.28. The highest BCUT2D eigenvalue weighted by Gasteiger charge is 2.08. The topological polar surface area (TPSA) is 0 Å². The molecule has 0 spiro atoms. The van der Waals surface area contributed by atoms with E-state index in [-0.39, 0.29) is 0 Å². The Morgan fingerprint density at radius 2 is 1.71 bits per heavy atom. The summed E-state index contributed by atoms with van der Waals surface area (Å²) in [5.41, 5.74) is 4.24. The first-order valence-electron chi connectivity index (χ1n) is 5.24. The van der Waals surface area contributed by atoms with Crippen molar-refractivity contribution in [2.45, 2.75) is 20.3 Å². The van der Waals surface area contributed by atoms with Crippen LogP contribution in [-0.4, -0.2) is 0 Å². The molecule has 0 nitrogen and oxygen atoms in total. The first kappa shape index (κ1) is 9.26. The highest BCUT2D eigenvalue weighted by atomic mass is 14.1. The van der Waals surface area contributed by atoms with E-state index in [2.05, 4.69) is 56.3 Å². The Labute approximate surface area is 85.9 Å². The molecule has 0 aromatic rings. The van der Waals surface area contributed by atoms with Crippen LogP contribution in [0.2, 0.25) is 0 Å². The predicted molar refractivity (Wildman–Crippen MR) is 61.6 cm³/mol. The van der Waals surface area contributed by atoms with E-state index in [1.54, 1.807) is 0 Å². The summed E-state index contributed by atoms with van der Waals surface area (Å²) >= 11 is 0. The van der Waals surface area contributed by atoms with Gasteiger partial charge in [0.15, 0.2) is 0 Å². The normalized spacial score (nSPS) is 11.1. The summed E-state index contributed by atoms with van der Waals surface area (Å²) in [6.07, 6.45) is 1.17. The summed E-state index contributed by atoms with van der Waals surface area (Å²) in [6, 6.07) is 15.2. The van der Waals surface area contributed by atoms with Crippen molar-refractivity contribution in [3.63, 3.8) is 0 Å². The zero-order valence-corrected chi connectivity index (χ0v) is 8.83. The van der Waals surface area contributed by atoms with Gasteiger partial charge in [0.05, 0.1) is 0 Å². The molecule has 0 aromatic heterocycles. The molecular formula is C14H16. The summed E-state index contributed by atoms with van der Waals surface area (Å²) in [4.78, 5) is 0. The van der Waals surface area contributed by atoms with Crippen LogP contribution in [0.1, 0.15) is 19.4 Å². The van der Waals surface area contributed by atoms with Crippen molar-refractivity contribution < 1.29 is 0 Å². The molecule has 2 aliphatic carbocycles. The second-order valence-corrected chi connectivity index (χ2v) is 4.24. The SMILES string of the molecule is CC(C)Cc1ccc2cccccc1-2. The van der Waals surface area contributed by atoms with Crippen molar-refractivity contribution in [2.24, 2.45) is 5.92 Å². The van der Waals surface area contributed by atoms with Gasteiger partial charge in [0.25, 0.3) is 0 Å². The molecule has 2 rings (SSSR count). The molecule has 2 aliphatic rings. The largest absolute Gasteiger partial charge is 0.0625 e. The van der Waals surface area contributed by atoms with E-state index in [0.29, 0.717) is 0 Å². The average Bonchev–Trinajstić information content (AvgIpc) is 2.37. The van der Waals surface area contributed by atoms with Gasteiger partial charge in [0, 0.05) is 0 Å². The fourth-order valence-corrected chi connectivity index (χ4v) is 1.90. The molecule has 0 saturated carbocycles. The van der Waals surface area contributed by atoms with Crippen LogP contribution in [0.15, 0.2) is 42.5 Å². The zero-order chi connectivity index (χ0) is 9.97. The lowest BCUT2D eigenvalue weighted by Gasteiger charge is -2.04. The Bertz CT molecular complexity index is 387. The van der Waals surface area contributed by atoms with Gasteiger partial charge >= 0.3 is 0 Å². The molecule has 0 bridgehead atoms. The van der Waals surface area contributed by atoms with Crippen LogP contribution >= 0.6 is 0 Å². The Morgan fingerprint density at radius 3 is 2.50 bits per heavy atom. The first-order chi connectivity index (χ1) is 6.77. The fraction of sp³-hybridized carbons (Fsp3) is 0.286. The monoisotopic (exact) mass is 184 g/mol. The molecular weight excluding hydrogens is 168 g/mol. The standard InChI is InChI=1S/C14H16/c1-11(2)10-13-9-8-12-6-4-3-5-7-14(12)13/h3-9,11H,10H2,1-2H3. The minimum Gasteiger partial charge on any atom is -0.0625 e. The van der Waals surface area contributed by atoms with Crippen molar-refractivity contribution in [1.82, 2.24) is 0 Å². The van der Waals surface area contributed by atoms with Gasteiger partial charge in [-0.3, -0.25) is 0 Å². The van der Waals surface area contributed by atoms with Gasteiger partial charge < -0.3 is 0 Å². The van der Waals surface area contributed by atoms with Crippen molar-refractivity contribution in [3.05, 3.63) is 48.0 Å². The maximum absolute atomic E-state index is 2.27. The molecule has 0 aliphatic heterocycles. The van der Waals surface area contributed by atoms with Crippen LogP contribution in [0.4, 0.5) is 0 Å². The van der Waals surface area contributed by atoms with Crippen LogP contribution < -0.4 is 0 Å². The van der Waals surface area contributed by atoms with Gasteiger partial charge in [-0.2, -0.15) is 0 Å². The van der Waals surface area contributed by atoms with Crippen LogP contribution in [0.25, 0.3) is 11.1 Å². The van der Waals surface area contributed by atoms with Gasteiger partial charge in [-0.25, -0.2) is 0 Å². The van der Waals surface area contributed by atoms with Crippen molar-refractivity contribution in [3.8, 4) is 11.1 Å². The van der Waals surface area contributed by atoms with Crippen molar-refractivity contribution >= 4 is 0 Å². The highest BCUT2D eigenvalue weighted by molar-refractivity contribution is 5.70. The lowest BCUT2D eigenvalue weighted by Crippen LogP contribution is -1.92. The summed E-state index contributed by atoms with van der Waals surface area (Å²) in [7, 11) is 0. The minimum atomic E-state index is 0.728. The van der Waals surface area contributed by atoms with E-state index in [1.165, 1.54) is 23.1 Å². The summed E-state index contributed by atoms with van der Waals surface area (Å²) in [6.45, 7) is 4.53. The second-order valence-electron chi connectivity index (χ2n) is 4.24. The van der Waals surface area contributed by atoms with Crippen molar-refractivity contribution in [1.29, 1.82) is 0 Å². The third-order valence-electron chi connectivity index (χ3n) is 2.51. The summed E-state index contributed by atoms with van der Waals surface area (Å²) in [5, 5.41) is 0. The van der Waals surface area contributed by atoms with Gasteiger partial charge in [-0.1, -0.05) is 56.3 Å². The van der Waals surface area contributed by atoms with Gasteiger partial charge in [0.2, 0.25) is 0 Å². The van der Waals surface area contributed by atoms with Crippen LogP contribution in [0, 0.1) is 5.92 Å². The molecule has 14 heavy (non-hydrogen) atoms. The van der Waals surface area contributed by atoms with E-state index in [0.717, 1.165) is 5.92 Å². The zero-order valence-electron chi connectivity index (χ0n) is 8.83. The molecule has 0 radical (unpaired) electrons. The van der Waals surface area contributed by atoms with E-state index >= 15 is 0 Å². The van der Waals surface area contributed by atoms with Crippen molar-refractivity contribution in [2.75, 3.05) is 0 Å². The number of hydrogen-bond donors (Lipinski definition) is 0. The Morgan fingerprint density at radius 1 is 0.929 bits per heavy atom. The smallest absolute Gasteiger partial charge is 0.0152 e. The quantitative estimate of drug-likeness (QED) is 0.662. The molecule has 0 heterocycles. The molecule has 0 heteroatoms. The second kappa shape index (κ2) is 3.83. The molecule has 0 saturated heterocycles. The molecule has 72 valence electrons. The molecule has 0 unspecified atom stereocenters. The Kier molecular flexibility index (Phi) is 2.53. The number of rotatable bonds is 2. The molecule has 0 amide bonds. The minimum absolute atomic E-state index is 0.728. The predicted octanol–water partition coefficient (Wildman–Crippen LogP) is 3.99. The van der Waals surface area contributed by atoms with Gasteiger partial charge in [0.1, 0.15) is 0 Å². The summed E-state index contributed by atoms with van der Waals surface area (Å²) < 4.78 is 0. The number of fused-ring (bicyclic) bond motifs is 1. The Balaban J connectivity index is 2.42. The third-order valence-corrected chi connectivity index (χ3v) is 2.51. The molecule has 0 N–H and O–H groups in total. The first-order valence-corrected chi connectivity index (χ1v) is 5.24. The van der Waals surface area contributed by atoms with E-state index in [4.69, 9.17) is 0 Å².